The van der Waals surface area contributed by atoms with Crippen molar-refractivity contribution in [2.45, 2.75) is 91.4 Å². The molecule has 6 atom stereocenters. The highest BCUT2D eigenvalue weighted by Crippen LogP contribution is 2.39. The van der Waals surface area contributed by atoms with Gasteiger partial charge >= 0.3 is 12.2 Å². The molecular formula is C54H62N8O6. The first-order chi connectivity index (χ1) is 32.7. The number of hydrogen-bond acceptors (Lipinski definition) is 8. The highest BCUT2D eigenvalue weighted by atomic mass is 16.5. The first-order valence-electron chi connectivity index (χ1n) is 23.9. The standard InChI is InChI=1S/C54H62N8O6/c1-29(2)47(59-53(65)67-7)51(63)61-27-31(5)21-45(61)49-55-41-19-17-37(25-43(41)57-49)39-23-33-9-13-35(39)15-11-34-10-14-36(16-12-33)40(24-34)38-18-20-42-44(26-38)58-50(56-42)46-22-32(6)28-62(46)52(64)48(30(3)4)60-54(66)68-8/h9-11,13-15,17-20,23-26,29-32,45-48H,12,16,21-22,27-28H2,1-8H3,(H,55,57)(H,56,58)(H,59,65)(H,60,66)/t31-,32-,45+,46+,47+,48+/m1/s1. The molecule has 0 radical (unpaired) electrons. The first kappa shape index (κ1) is 46.2. The summed E-state index contributed by atoms with van der Waals surface area (Å²) in [4.78, 5) is 73.2. The van der Waals surface area contributed by atoms with Crippen molar-refractivity contribution in [3.63, 3.8) is 0 Å². The Balaban J connectivity index is 0.974. The molecule has 12 rings (SSSR count). The number of fused-ring (bicyclic) bond motifs is 2. The Kier molecular flexibility index (Phi) is 12.9. The number of carbonyl (C=O) groups excluding carboxylic acids is 4. The van der Waals surface area contributed by atoms with Gasteiger partial charge in [-0.25, -0.2) is 19.6 Å². The Hall–Kier alpha value is -6.96. The summed E-state index contributed by atoms with van der Waals surface area (Å²) in [5, 5.41) is 5.50. The van der Waals surface area contributed by atoms with Gasteiger partial charge in [0.1, 0.15) is 23.7 Å². The van der Waals surface area contributed by atoms with Gasteiger partial charge in [0.15, 0.2) is 0 Å². The molecule has 6 aliphatic rings. The smallest absolute Gasteiger partial charge is 0.407 e. The number of alkyl carbamates (subject to hydrolysis) is 2. The van der Waals surface area contributed by atoms with Crippen LogP contribution in [0.15, 0.2) is 72.8 Å². The Morgan fingerprint density at radius 1 is 0.632 bits per heavy atom. The van der Waals surface area contributed by atoms with Crippen molar-refractivity contribution in [2.24, 2.45) is 23.7 Å². The number of aromatic amines is 2. The minimum atomic E-state index is -0.711. The van der Waals surface area contributed by atoms with Gasteiger partial charge < -0.3 is 39.9 Å². The zero-order valence-electron chi connectivity index (χ0n) is 40.2. The van der Waals surface area contributed by atoms with Crippen LogP contribution in [0, 0.1) is 23.7 Å². The van der Waals surface area contributed by atoms with Gasteiger partial charge in [0.05, 0.1) is 48.4 Å². The molecule has 4 bridgehead atoms. The Morgan fingerprint density at radius 3 is 1.68 bits per heavy atom. The van der Waals surface area contributed by atoms with E-state index in [1.165, 1.54) is 25.3 Å². The molecule has 4 heterocycles. The molecule has 4 aromatic carbocycles. The van der Waals surface area contributed by atoms with E-state index in [0.717, 1.165) is 92.8 Å². The maximum absolute atomic E-state index is 14.0. The fraction of sp³-hybridized carbons (Fsp3) is 0.407. The number of aryl methyl sites for hydroxylation is 2. The number of nitrogens with zero attached hydrogens (tertiary/aromatic N) is 4. The van der Waals surface area contributed by atoms with E-state index in [2.05, 4.69) is 119 Å². The van der Waals surface area contributed by atoms with Crippen molar-refractivity contribution in [3.05, 3.63) is 107 Å². The first-order valence-corrected chi connectivity index (χ1v) is 23.9. The molecule has 0 unspecified atom stereocenters. The van der Waals surface area contributed by atoms with Crippen LogP contribution in [0.2, 0.25) is 0 Å². The molecule has 4 amide bonds. The van der Waals surface area contributed by atoms with Crippen LogP contribution < -0.4 is 10.6 Å². The summed E-state index contributed by atoms with van der Waals surface area (Å²) in [6.45, 7) is 13.1. The highest BCUT2D eigenvalue weighted by Gasteiger charge is 2.42. The number of H-pyrrole nitrogens is 2. The second-order valence-corrected chi connectivity index (χ2v) is 19.8. The van der Waals surface area contributed by atoms with Crippen LogP contribution in [0.1, 0.15) is 100 Å². The third-order valence-corrected chi connectivity index (χ3v) is 14.0. The zero-order valence-corrected chi connectivity index (χ0v) is 40.2. The quantitative estimate of drug-likeness (QED) is 0.105. The van der Waals surface area contributed by atoms with Gasteiger partial charge in [-0.05, 0) is 124 Å². The van der Waals surface area contributed by atoms with Crippen molar-refractivity contribution in [3.8, 4) is 22.3 Å². The molecule has 6 aromatic rings. The molecule has 2 aromatic heterocycles. The van der Waals surface area contributed by atoms with Crippen molar-refractivity contribution in [2.75, 3.05) is 27.3 Å². The number of rotatable bonds is 10. The highest BCUT2D eigenvalue weighted by molar-refractivity contribution is 5.90. The van der Waals surface area contributed by atoms with Crippen LogP contribution in [0.5, 0.6) is 0 Å². The van der Waals surface area contributed by atoms with Crippen LogP contribution in [-0.4, -0.2) is 93.1 Å². The predicted octanol–water partition coefficient (Wildman–Crippen LogP) is 9.62. The normalized spacial score (nSPS) is 20.0. The van der Waals surface area contributed by atoms with E-state index in [0.29, 0.717) is 13.1 Å². The van der Waals surface area contributed by atoms with Gasteiger partial charge in [0.2, 0.25) is 11.8 Å². The van der Waals surface area contributed by atoms with E-state index in [1.54, 1.807) is 0 Å². The van der Waals surface area contributed by atoms with Crippen molar-refractivity contribution in [1.82, 2.24) is 40.4 Å². The number of benzene rings is 4. The van der Waals surface area contributed by atoms with E-state index in [-0.39, 0.29) is 47.6 Å². The molecule has 2 saturated heterocycles. The maximum atomic E-state index is 14.0. The van der Waals surface area contributed by atoms with Crippen molar-refractivity contribution >= 4 is 58.2 Å². The Bertz CT molecular complexity index is 2930. The van der Waals surface area contributed by atoms with E-state index in [1.807, 2.05) is 37.5 Å². The lowest BCUT2D eigenvalue weighted by atomic mass is 9.90. The molecule has 4 N–H and O–H groups in total. The second kappa shape index (κ2) is 19.0. The Morgan fingerprint density at radius 2 is 1.16 bits per heavy atom. The average Bonchev–Trinajstić information content (AvgIpc) is 4.13. The van der Waals surface area contributed by atoms with Crippen LogP contribution in [0.25, 0.3) is 56.5 Å². The SMILES string of the molecule is COC(=O)N[C@H](C(=O)N1C[C@H](C)C[C@H]1c1nc2ccc(-c3cc4ccc3C=Cc3ccc(c(-c5ccc6nc([C@@H]7C[C@@H](C)CN7C(=O)[C@@H](NC(=O)OC)C(C)C)[nH]c6c5)c3)CC4)cc2[nH]1)C(C)C. The number of carbonyl (C=O) groups is 4. The molecule has 2 fully saturated rings. The largest absolute Gasteiger partial charge is 0.453 e. The number of aromatic nitrogens is 4. The van der Waals surface area contributed by atoms with Crippen molar-refractivity contribution in [1.29, 1.82) is 0 Å². The van der Waals surface area contributed by atoms with Crippen LogP contribution in [0.3, 0.4) is 0 Å². The number of amides is 4. The lowest BCUT2D eigenvalue weighted by molar-refractivity contribution is -0.136. The van der Waals surface area contributed by atoms with E-state index in [4.69, 9.17) is 19.4 Å². The second-order valence-electron chi connectivity index (χ2n) is 19.8. The van der Waals surface area contributed by atoms with Gasteiger partial charge in [0, 0.05) is 13.1 Å². The van der Waals surface area contributed by atoms with Gasteiger partial charge in [0.25, 0.3) is 0 Å². The Labute approximate surface area is 397 Å². The molecule has 14 nitrogen and oxygen atoms in total. The molecule has 0 spiro atoms. The lowest BCUT2D eigenvalue weighted by Gasteiger charge is -2.30. The van der Waals surface area contributed by atoms with Gasteiger partial charge in [-0.15, -0.1) is 0 Å². The van der Waals surface area contributed by atoms with Crippen molar-refractivity contribution < 1.29 is 28.7 Å². The fourth-order valence-electron chi connectivity index (χ4n) is 10.4. The molecule has 68 heavy (non-hydrogen) atoms. The molecule has 4 aliphatic carbocycles. The van der Waals surface area contributed by atoms with Crippen LogP contribution >= 0.6 is 0 Å². The monoisotopic (exact) mass is 918 g/mol. The number of nitrogens with one attached hydrogen (secondary N) is 4. The summed E-state index contributed by atoms with van der Waals surface area (Å²) in [5.41, 5.74) is 12.6. The van der Waals surface area contributed by atoms with E-state index in [9.17, 15) is 19.2 Å². The van der Waals surface area contributed by atoms with Gasteiger partial charge in [-0.2, -0.15) is 0 Å². The van der Waals surface area contributed by atoms with E-state index < -0.39 is 24.3 Å². The van der Waals surface area contributed by atoms with Gasteiger partial charge in [-0.1, -0.05) is 96.2 Å². The molecule has 2 aliphatic heterocycles. The summed E-state index contributed by atoms with van der Waals surface area (Å²) in [7, 11) is 2.61. The topological polar surface area (TPSA) is 175 Å². The number of ether oxygens (including phenoxy) is 2. The van der Waals surface area contributed by atoms with E-state index >= 15 is 0 Å². The molecular weight excluding hydrogens is 857 g/mol. The summed E-state index contributed by atoms with van der Waals surface area (Å²) in [6, 6.07) is 24.2. The predicted molar refractivity (Wildman–Crippen MR) is 264 cm³/mol. The summed E-state index contributed by atoms with van der Waals surface area (Å²) in [6.07, 6.45) is 6.32. The molecule has 14 heteroatoms. The third kappa shape index (κ3) is 9.20. The number of methoxy groups -OCH3 is 2. The molecule has 354 valence electrons. The fourth-order valence-corrected chi connectivity index (χ4v) is 10.4. The maximum Gasteiger partial charge on any atom is 0.407 e. The summed E-state index contributed by atoms with van der Waals surface area (Å²) < 4.78 is 9.67. The lowest BCUT2D eigenvalue weighted by Crippen LogP contribution is -2.51. The minimum Gasteiger partial charge on any atom is -0.453 e. The zero-order chi connectivity index (χ0) is 48.0. The average molecular weight is 919 g/mol. The number of imidazole rings is 2. The number of hydrogen-bond donors (Lipinski definition) is 4. The van der Waals surface area contributed by atoms with Crippen LogP contribution in [0.4, 0.5) is 9.59 Å². The summed E-state index contributed by atoms with van der Waals surface area (Å²) >= 11 is 0. The van der Waals surface area contributed by atoms with Gasteiger partial charge in [-0.3, -0.25) is 9.59 Å². The third-order valence-electron chi connectivity index (χ3n) is 14.0. The number of likely N-dealkylation sites (tertiary alicyclic amines) is 2. The van der Waals surface area contributed by atoms with Crippen LogP contribution in [-0.2, 0) is 31.9 Å². The minimum absolute atomic E-state index is 0.123. The summed E-state index contributed by atoms with van der Waals surface area (Å²) in [5.74, 6) is 1.50. The molecule has 0 saturated carbocycles.